The molecule has 1 N–H and O–H groups in total. The monoisotopic (exact) mass is 403 g/mol. The molecule has 3 aromatic carbocycles. The Hall–Kier alpha value is -4.10. The van der Waals surface area contributed by atoms with Crippen LogP contribution in [-0.2, 0) is 0 Å². The van der Waals surface area contributed by atoms with Crippen molar-refractivity contribution in [1.82, 2.24) is 19.9 Å². The van der Waals surface area contributed by atoms with Gasteiger partial charge in [0.2, 0.25) is 11.5 Å². The maximum Gasteiger partial charge on any atom is 0.570 e. The summed E-state index contributed by atoms with van der Waals surface area (Å²) in [5, 5.41) is 9.24. The number of benzene rings is 3. The lowest BCUT2D eigenvalue weighted by Gasteiger charge is -2.12. The van der Waals surface area contributed by atoms with Gasteiger partial charge in [-0.05, 0) is 0 Å². The van der Waals surface area contributed by atoms with Gasteiger partial charge in [0, 0.05) is 16.7 Å². The molecule has 1 radical (unpaired) electrons. The first-order valence-electron chi connectivity index (χ1n) is 9.72. The summed E-state index contributed by atoms with van der Waals surface area (Å²) in [5.41, 5.74) is 5.25. The normalized spacial score (nSPS) is 10.7. The van der Waals surface area contributed by atoms with Crippen molar-refractivity contribution < 1.29 is 9.68 Å². The molecule has 0 saturated heterocycles. The van der Waals surface area contributed by atoms with Gasteiger partial charge >= 0.3 is 7.69 Å². The zero-order chi connectivity index (χ0) is 21.0. The second-order valence-corrected chi connectivity index (χ2v) is 6.77. The molecule has 0 aliphatic rings. The molecule has 6 nitrogen and oxygen atoms in total. The van der Waals surface area contributed by atoms with Crippen molar-refractivity contribution in [2.24, 2.45) is 0 Å². The summed E-state index contributed by atoms with van der Waals surface area (Å²) in [4.78, 5) is 18.8. The minimum atomic E-state index is 0.155. The first-order valence-corrected chi connectivity index (χ1v) is 9.72. The molecule has 0 aliphatic heterocycles. The van der Waals surface area contributed by atoms with E-state index in [0.717, 1.165) is 22.4 Å². The Kier molecular flexibility index (Phi) is 5.08. The second-order valence-electron chi connectivity index (χ2n) is 6.77. The van der Waals surface area contributed by atoms with E-state index in [0.29, 0.717) is 30.4 Å². The molecular formula is C24H16BN4O2. The zero-order valence-electron chi connectivity index (χ0n) is 16.4. The van der Waals surface area contributed by atoms with Crippen LogP contribution in [0.3, 0.4) is 0 Å². The predicted molar refractivity (Wildman–Crippen MR) is 120 cm³/mol. The van der Waals surface area contributed by atoms with Gasteiger partial charge in [0.15, 0.2) is 5.65 Å². The molecule has 5 aromatic rings. The van der Waals surface area contributed by atoms with Crippen molar-refractivity contribution in [3.8, 4) is 39.7 Å². The highest BCUT2D eigenvalue weighted by Crippen LogP contribution is 2.33. The van der Waals surface area contributed by atoms with E-state index in [2.05, 4.69) is 4.98 Å². The van der Waals surface area contributed by atoms with Gasteiger partial charge in [0.05, 0.1) is 11.4 Å². The van der Waals surface area contributed by atoms with Crippen LogP contribution >= 0.6 is 0 Å². The van der Waals surface area contributed by atoms with Crippen LogP contribution in [0.15, 0.2) is 91.0 Å². The molecule has 0 aliphatic carbocycles. The molecule has 5 rings (SSSR count). The average molecular weight is 403 g/mol. The summed E-state index contributed by atoms with van der Waals surface area (Å²) < 4.78 is 5.25. The molecule has 0 fully saturated rings. The van der Waals surface area contributed by atoms with Crippen molar-refractivity contribution in [1.29, 1.82) is 0 Å². The Morgan fingerprint density at radius 3 is 1.35 bits per heavy atom. The van der Waals surface area contributed by atoms with Crippen molar-refractivity contribution in [2.45, 2.75) is 0 Å². The molecule has 147 valence electrons. The van der Waals surface area contributed by atoms with Gasteiger partial charge in [0.1, 0.15) is 5.69 Å². The first-order chi connectivity index (χ1) is 15.3. The highest BCUT2D eigenvalue weighted by Gasteiger charge is 2.18. The molecule has 7 heteroatoms. The summed E-state index contributed by atoms with van der Waals surface area (Å²) in [7, 11) is 0.589. The smallest absolute Gasteiger partial charge is 0.522 e. The van der Waals surface area contributed by atoms with Crippen LogP contribution in [0, 0.1) is 0 Å². The number of nitrogens with zero attached hydrogens (tertiary/aromatic N) is 4. The Labute approximate surface area is 179 Å². The van der Waals surface area contributed by atoms with E-state index in [9.17, 15) is 5.02 Å². The minimum absolute atomic E-state index is 0.155. The predicted octanol–water partition coefficient (Wildman–Crippen LogP) is 4.33. The van der Waals surface area contributed by atoms with Crippen LogP contribution < -0.4 is 4.65 Å². The van der Waals surface area contributed by atoms with E-state index in [1.807, 2.05) is 91.0 Å². The highest BCUT2D eigenvalue weighted by atomic mass is 16.5. The maximum absolute atomic E-state index is 9.24. The third-order valence-corrected chi connectivity index (χ3v) is 4.79. The van der Waals surface area contributed by atoms with E-state index < -0.39 is 0 Å². The summed E-state index contributed by atoms with van der Waals surface area (Å²) >= 11 is 0. The maximum atomic E-state index is 9.24. The Morgan fingerprint density at radius 1 is 0.516 bits per heavy atom. The molecule has 0 amide bonds. The lowest BCUT2D eigenvalue weighted by Crippen LogP contribution is -2.07. The quantitative estimate of drug-likeness (QED) is 0.440. The molecule has 0 spiro atoms. The molecule has 2 heterocycles. The van der Waals surface area contributed by atoms with Crippen LogP contribution in [-0.4, -0.2) is 32.6 Å². The van der Waals surface area contributed by atoms with Crippen LogP contribution in [0.1, 0.15) is 0 Å². The molecule has 0 atom stereocenters. The second kappa shape index (κ2) is 8.34. The lowest BCUT2D eigenvalue weighted by molar-refractivity contribution is 0.444. The van der Waals surface area contributed by atoms with Gasteiger partial charge in [-0.1, -0.05) is 91.0 Å². The van der Waals surface area contributed by atoms with E-state index >= 15 is 0 Å². The summed E-state index contributed by atoms with van der Waals surface area (Å²) in [6.45, 7) is 0. The van der Waals surface area contributed by atoms with Crippen LogP contribution in [0.5, 0.6) is 5.88 Å². The Morgan fingerprint density at radius 2 is 0.903 bits per heavy atom. The van der Waals surface area contributed by atoms with Crippen molar-refractivity contribution in [2.75, 3.05) is 0 Å². The Balaban J connectivity index is 1.79. The molecule has 0 bridgehead atoms. The van der Waals surface area contributed by atoms with Gasteiger partial charge < -0.3 is 9.68 Å². The molecule has 2 aromatic heterocycles. The average Bonchev–Trinajstić information content (AvgIpc) is 2.85. The van der Waals surface area contributed by atoms with Gasteiger partial charge in [0.25, 0.3) is 0 Å². The third kappa shape index (κ3) is 3.74. The standard InChI is InChI=1S/C24H16BN4O2/c30-25-31-24-21(18-14-8-3-9-15-18)28-22-23(29-24)27-20(17-12-6-2-7-13-17)19(26-22)16-10-4-1-5-11-16/h1-15,30H. The number of fused-ring (bicyclic) bond motifs is 1. The van der Waals surface area contributed by atoms with Gasteiger partial charge in [-0.3, -0.25) is 0 Å². The molecule has 0 saturated carbocycles. The number of aromatic nitrogens is 4. The SMILES string of the molecule is O[B]Oc1nc2nc(-c3ccccc3)c(-c3ccccc3)nc2nc1-c1ccccc1. The van der Waals surface area contributed by atoms with Crippen molar-refractivity contribution in [3.05, 3.63) is 91.0 Å². The number of hydrogen-bond acceptors (Lipinski definition) is 6. The van der Waals surface area contributed by atoms with Gasteiger partial charge in [-0.2, -0.15) is 4.98 Å². The molecule has 31 heavy (non-hydrogen) atoms. The minimum Gasteiger partial charge on any atom is -0.522 e. The fraction of sp³-hybridized carbons (Fsp3) is 0. The zero-order valence-corrected chi connectivity index (χ0v) is 16.4. The van der Waals surface area contributed by atoms with Crippen LogP contribution in [0.25, 0.3) is 45.1 Å². The fourth-order valence-corrected chi connectivity index (χ4v) is 3.38. The first kappa shape index (κ1) is 18.9. The topological polar surface area (TPSA) is 81.0 Å². The lowest BCUT2D eigenvalue weighted by atomic mass is 10.0. The number of rotatable bonds is 5. The summed E-state index contributed by atoms with van der Waals surface area (Å²) in [6, 6.07) is 29.2. The van der Waals surface area contributed by atoms with Crippen LogP contribution in [0.4, 0.5) is 0 Å². The van der Waals surface area contributed by atoms with Crippen LogP contribution in [0.2, 0.25) is 0 Å². The molecule has 0 unspecified atom stereocenters. The van der Waals surface area contributed by atoms with Crippen molar-refractivity contribution >= 4 is 19.0 Å². The summed E-state index contributed by atoms with van der Waals surface area (Å²) in [6.07, 6.45) is 0. The number of hydrogen-bond donors (Lipinski definition) is 1. The largest absolute Gasteiger partial charge is 0.570 e. The van der Waals surface area contributed by atoms with E-state index in [-0.39, 0.29) is 5.88 Å². The van der Waals surface area contributed by atoms with Gasteiger partial charge in [-0.25, -0.2) is 15.0 Å². The van der Waals surface area contributed by atoms with Crippen molar-refractivity contribution in [3.63, 3.8) is 0 Å². The van der Waals surface area contributed by atoms with Gasteiger partial charge in [-0.15, -0.1) is 0 Å². The molecular weight excluding hydrogens is 387 g/mol. The Bertz CT molecular complexity index is 1330. The van der Waals surface area contributed by atoms with E-state index in [4.69, 9.17) is 19.6 Å². The highest BCUT2D eigenvalue weighted by molar-refractivity contribution is 6.17. The fourth-order valence-electron chi connectivity index (χ4n) is 3.38. The summed E-state index contributed by atoms with van der Waals surface area (Å²) in [5.74, 6) is 0.155. The van der Waals surface area contributed by atoms with E-state index in [1.54, 1.807) is 0 Å². The van der Waals surface area contributed by atoms with E-state index in [1.165, 1.54) is 0 Å². The third-order valence-electron chi connectivity index (χ3n) is 4.79.